The molecule has 5 nitrogen and oxygen atoms in total. The first-order valence-electron chi connectivity index (χ1n) is 8.40. The molecule has 1 fully saturated rings. The molecule has 3 rings (SSSR count). The maximum absolute atomic E-state index is 13.2. The Hall–Kier alpha value is -2.24. The molecule has 1 aromatic carbocycles. The lowest BCUT2D eigenvalue weighted by Gasteiger charge is -2.07. The number of ether oxygens (including phenoxy) is 1. The summed E-state index contributed by atoms with van der Waals surface area (Å²) in [5, 5.41) is 4.58. The molecule has 128 valence electrons. The van der Waals surface area contributed by atoms with E-state index >= 15 is 0 Å². The summed E-state index contributed by atoms with van der Waals surface area (Å²) in [7, 11) is 0. The number of cyclic esters (lactones) is 1. The molecular weight excluding hydrogens is 309 g/mol. The molecule has 0 aliphatic carbocycles. The highest BCUT2D eigenvalue weighted by Gasteiger charge is 2.27. The molecule has 1 saturated heterocycles. The van der Waals surface area contributed by atoms with Crippen LogP contribution < -0.4 is 0 Å². The number of carbonyl (C=O) groups is 1. The summed E-state index contributed by atoms with van der Waals surface area (Å²) >= 11 is 0. The molecule has 0 bridgehead atoms. The maximum atomic E-state index is 13.2. The van der Waals surface area contributed by atoms with Crippen molar-refractivity contribution >= 4 is 5.97 Å². The van der Waals surface area contributed by atoms with Gasteiger partial charge < -0.3 is 4.74 Å². The van der Waals surface area contributed by atoms with E-state index in [1.54, 1.807) is 16.8 Å². The van der Waals surface area contributed by atoms with E-state index in [1.165, 1.54) is 12.1 Å². The lowest BCUT2D eigenvalue weighted by Crippen LogP contribution is -2.11. The molecule has 2 aromatic rings. The fourth-order valence-corrected chi connectivity index (χ4v) is 2.90. The van der Waals surface area contributed by atoms with E-state index in [0.717, 1.165) is 30.2 Å². The fraction of sp³-hybridized carbons (Fsp3) is 0.500. The third kappa shape index (κ3) is 3.80. The van der Waals surface area contributed by atoms with Crippen molar-refractivity contribution in [3.63, 3.8) is 0 Å². The van der Waals surface area contributed by atoms with E-state index < -0.39 is 0 Å². The number of carbonyl (C=O) groups excluding carboxylic acids is 1. The van der Waals surface area contributed by atoms with E-state index in [0.29, 0.717) is 25.4 Å². The molecule has 6 heteroatoms. The molecule has 0 spiro atoms. The topological polar surface area (TPSA) is 57.0 Å². The van der Waals surface area contributed by atoms with E-state index in [1.807, 2.05) is 0 Å². The number of nitrogens with zero attached hydrogens (tertiary/aromatic N) is 3. The summed E-state index contributed by atoms with van der Waals surface area (Å²) in [5.41, 5.74) is 0.780. The van der Waals surface area contributed by atoms with Crippen molar-refractivity contribution in [3.8, 4) is 5.69 Å². The highest BCUT2D eigenvalue weighted by Crippen LogP contribution is 2.21. The normalized spacial score (nSPS) is 17.5. The number of rotatable bonds is 6. The minimum Gasteiger partial charge on any atom is -0.465 e. The molecule has 2 heterocycles. The molecule has 1 atom stereocenters. The molecule has 1 aromatic heterocycles. The maximum Gasteiger partial charge on any atom is 0.309 e. The van der Waals surface area contributed by atoms with E-state index in [2.05, 4.69) is 23.9 Å². The van der Waals surface area contributed by atoms with Gasteiger partial charge in [0.2, 0.25) is 0 Å². The van der Waals surface area contributed by atoms with Gasteiger partial charge in [-0.05, 0) is 43.0 Å². The lowest BCUT2D eigenvalue weighted by atomic mass is 10.0. The molecule has 24 heavy (non-hydrogen) atoms. The first-order chi connectivity index (χ1) is 11.5. The highest BCUT2D eigenvalue weighted by atomic mass is 19.1. The summed E-state index contributed by atoms with van der Waals surface area (Å²) in [6.45, 7) is 4.74. The third-order valence-electron chi connectivity index (χ3n) is 4.14. The van der Waals surface area contributed by atoms with Crippen LogP contribution in [0.4, 0.5) is 4.39 Å². The average molecular weight is 331 g/mol. The van der Waals surface area contributed by atoms with Crippen molar-refractivity contribution < 1.29 is 13.9 Å². The van der Waals surface area contributed by atoms with Crippen molar-refractivity contribution in [3.05, 3.63) is 41.7 Å². The standard InChI is InChI=1S/C18H22FN3O2/c1-12(2)11-16-20-17(8-3-13-9-10-24-18(13)23)22(21-16)15-6-4-14(19)5-7-15/h4-7,12-13H,3,8-11H2,1-2H3/t13-/m0/s1. The number of hydrogen-bond acceptors (Lipinski definition) is 4. The monoisotopic (exact) mass is 331 g/mol. The smallest absolute Gasteiger partial charge is 0.309 e. The van der Waals surface area contributed by atoms with Gasteiger partial charge in [-0.3, -0.25) is 4.79 Å². The second-order valence-corrected chi connectivity index (χ2v) is 6.62. The van der Waals surface area contributed by atoms with E-state index in [-0.39, 0.29) is 17.7 Å². The zero-order valence-electron chi connectivity index (χ0n) is 14.0. The third-order valence-corrected chi connectivity index (χ3v) is 4.14. The number of aromatic nitrogens is 3. The van der Waals surface area contributed by atoms with Gasteiger partial charge in [0.25, 0.3) is 0 Å². The Bertz CT molecular complexity index is 710. The van der Waals surface area contributed by atoms with Gasteiger partial charge >= 0.3 is 5.97 Å². The van der Waals surface area contributed by atoms with Gasteiger partial charge in [0.05, 0.1) is 18.2 Å². The number of halogens is 1. The Balaban J connectivity index is 1.83. The highest BCUT2D eigenvalue weighted by molar-refractivity contribution is 5.74. The minimum atomic E-state index is -0.281. The second kappa shape index (κ2) is 7.11. The van der Waals surface area contributed by atoms with Crippen LogP contribution in [0.1, 0.15) is 38.3 Å². The van der Waals surface area contributed by atoms with Crippen molar-refractivity contribution in [1.82, 2.24) is 14.8 Å². The minimum absolute atomic E-state index is 0.0584. The molecule has 0 N–H and O–H groups in total. The van der Waals surface area contributed by atoms with Gasteiger partial charge in [0.1, 0.15) is 11.6 Å². The van der Waals surface area contributed by atoms with Crippen LogP contribution in [-0.4, -0.2) is 27.3 Å². The van der Waals surface area contributed by atoms with Gasteiger partial charge in [-0.15, -0.1) is 0 Å². The van der Waals surface area contributed by atoms with Crippen LogP contribution in [0.25, 0.3) is 5.69 Å². The van der Waals surface area contributed by atoms with Gasteiger partial charge in [0.15, 0.2) is 5.82 Å². The van der Waals surface area contributed by atoms with Crippen LogP contribution in [0.15, 0.2) is 24.3 Å². The van der Waals surface area contributed by atoms with Gasteiger partial charge in [-0.2, -0.15) is 5.10 Å². The predicted octanol–water partition coefficient (Wildman–Crippen LogP) is 3.10. The van der Waals surface area contributed by atoms with Crippen molar-refractivity contribution in [2.75, 3.05) is 6.61 Å². The van der Waals surface area contributed by atoms with Gasteiger partial charge in [-0.1, -0.05) is 13.8 Å². The van der Waals surface area contributed by atoms with Crippen LogP contribution in [0.2, 0.25) is 0 Å². The molecule has 0 saturated carbocycles. The van der Waals surface area contributed by atoms with Crippen LogP contribution in [0, 0.1) is 17.7 Å². The Morgan fingerprint density at radius 1 is 1.33 bits per heavy atom. The summed E-state index contributed by atoms with van der Waals surface area (Å²) in [4.78, 5) is 16.3. The SMILES string of the molecule is CC(C)Cc1nc(CC[C@H]2CCOC2=O)n(-c2ccc(F)cc2)n1. The first kappa shape index (κ1) is 16.6. The predicted molar refractivity (Wildman–Crippen MR) is 87.2 cm³/mol. The molecule has 0 amide bonds. The van der Waals surface area contributed by atoms with Crippen LogP contribution in [0.3, 0.4) is 0 Å². The number of benzene rings is 1. The Labute approximate surface area is 140 Å². The van der Waals surface area contributed by atoms with Crippen LogP contribution in [0.5, 0.6) is 0 Å². The van der Waals surface area contributed by atoms with Crippen LogP contribution >= 0.6 is 0 Å². The Morgan fingerprint density at radius 2 is 2.08 bits per heavy atom. The molecule has 0 unspecified atom stereocenters. The fourth-order valence-electron chi connectivity index (χ4n) is 2.90. The average Bonchev–Trinajstić information content (AvgIpc) is 3.11. The molecule has 0 radical (unpaired) electrons. The summed E-state index contributed by atoms with van der Waals surface area (Å²) in [6.07, 6.45) is 2.89. The number of esters is 1. The summed E-state index contributed by atoms with van der Waals surface area (Å²) < 4.78 is 20.0. The molecule has 1 aliphatic rings. The zero-order chi connectivity index (χ0) is 17.1. The lowest BCUT2D eigenvalue weighted by molar-refractivity contribution is -0.141. The van der Waals surface area contributed by atoms with Crippen molar-refractivity contribution in [2.45, 2.75) is 39.5 Å². The Morgan fingerprint density at radius 3 is 2.71 bits per heavy atom. The van der Waals surface area contributed by atoms with E-state index in [4.69, 9.17) is 4.74 Å². The van der Waals surface area contributed by atoms with Crippen molar-refractivity contribution in [2.24, 2.45) is 11.8 Å². The van der Waals surface area contributed by atoms with Gasteiger partial charge in [0, 0.05) is 12.8 Å². The van der Waals surface area contributed by atoms with Crippen LogP contribution in [-0.2, 0) is 22.4 Å². The number of aryl methyl sites for hydroxylation is 1. The second-order valence-electron chi connectivity index (χ2n) is 6.62. The first-order valence-corrected chi connectivity index (χ1v) is 8.40. The summed E-state index contributed by atoms with van der Waals surface area (Å²) in [5.74, 6) is 1.57. The van der Waals surface area contributed by atoms with E-state index in [9.17, 15) is 9.18 Å². The summed E-state index contributed by atoms with van der Waals surface area (Å²) in [6, 6.07) is 6.21. The van der Waals surface area contributed by atoms with Gasteiger partial charge in [-0.25, -0.2) is 14.1 Å². The largest absolute Gasteiger partial charge is 0.465 e. The molecule has 1 aliphatic heterocycles. The Kier molecular flexibility index (Phi) is 4.92. The zero-order valence-corrected chi connectivity index (χ0v) is 14.0. The quantitative estimate of drug-likeness (QED) is 0.763. The number of hydrogen-bond donors (Lipinski definition) is 0. The van der Waals surface area contributed by atoms with Crippen molar-refractivity contribution in [1.29, 1.82) is 0 Å². The molecular formula is C18H22FN3O2.